The van der Waals surface area contributed by atoms with E-state index in [0.717, 1.165) is 27.5 Å². The summed E-state index contributed by atoms with van der Waals surface area (Å²) in [5, 5.41) is 3.85. The molecule has 1 heterocycles. The Morgan fingerprint density at radius 3 is 2.09 bits per heavy atom. The molecule has 0 aromatic heterocycles. The normalized spacial score (nSPS) is 13.8. The van der Waals surface area contributed by atoms with Gasteiger partial charge in [-0.25, -0.2) is 4.90 Å². The highest BCUT2D eigenvalue weighted by Crippen LogP contribution is 2.39. The van der Waals surface area contributed by atoms with E-state index in [2.05, 4.69) is 12.2 Å². The molecule has 1 aliphatic heterocycles. The number of hydrogen-bond donors (Lipinski definition) is 1. The molecule has 0 radical (unpaired) electrons. The molecule has 7 heteroatoms. The number of halogens is 2. The fourth-order valence-corrected chi connectivity index (χ4v) is 4.75. The third-order valence-corrected chi connectivity index (χ3v) is 6.55. The second-order valence-corrected chi connectivity index (χ2v) is 9.32. The summed E-state index contributed by atoms with van der Waals surface area (Å²) in [5.41, 5.74) is 3.58. The summed E-state index contributed by atoms with van der Waals surface area (Å²) in [7, 11) is 0. The number of imide groups is 1. The fourth-order valence-electron chi connectivity index (χ4n) is 3.31. The lowest BCUT2D eigenvalue weighted by Crippen LogP contribution is -2.32. The van der Waals surface area contributed by atoms with Crippen molar-refractivity contribution in [2.24, 2.45) is 0 Å². The maximum atomic E-state index is 13.4. The van der Waals surface area contributed by atoms with Gasteiger partial charge < -0.3 is 5.32 Å². The highest BCUT2D eigenvalue weighted by Gasteiger charge is 2.40. The minimum Gasteiger partial charge on any atom is -0.350 e. The first-order valence-electron chi connectivity index (χ1n) is 10.1. The molecule has 0 atom stereocenters. The molecular formula is C25H20Cl2N2O2S. The standard InChI is InChI=1S/C25H20Cl2N2O2S/c1-3-16-6-8-19(9-7-16)28-22-23(32-21-10-4-15(2)5-11-21)25(31)29(24(22)30)20-13-17(26)12-18(27)14-20/h4-14,28H,3H2,1-2H3. The van der Waals surface area contributed by atoms with Gasteiger partial charge in [0.05, 0.1) is 5.69 Å². The number of nitrogens with zero attached hydrogens (tertiary/aromatic N) is 1. The zero-order chi connectivity index (χ0) is 22.8. The number of rotatable bonds is 6. The van der Waals surface area contributed by atoms with Crippen molar-refractivity contribution in [1.82, 2.24) is 0 Å². The smallest absolute Gasteiger partial charge is 0.283 e. The number of carbonyl (C=O) groups excluding carboxylic acids is 2. The predicted octanol–water partition coefficient (Wildman–Crippen LogP) is 6.85. The van der Waals surface area contributed by atoms with Gasteiger partial charge in [0.2, 0.25) is 0 Å². The van der Waals surface area contributed by atoms with Crippen LogP contribution in [0.5, 0.6) is 0 Å². The van der Waals surface area contributed by atoms with Gasteiger partial charge >= 0.3 is 0 Å². The van der Waals surface area contributed by atoms with Crippen LogP contribution in [0.2, 0.25) is 10.0 Å². The molecule has 0 saturated heterocycles. The van der Waals surface area contributed by atoms with Crippen molar-refractivity contribution in [3.8, 4) is 0 Å². The molecule has 4 nitrogen and oxygen atoms in total. The number of aryl methyl sites for hydroxylation is 2. The number of nitrogens with one attached hydrogen (secondary N) is 1. The topological polar surface area (TPSA) is 49.4 Å². The maximum Gasteiger partial charge on any atom is 0.283 e. The lowest BCUT2D eigenvalue weighted by molar-refractivity contribution is -0.120. The van der Waals surface area contributed by atoms with E-state index < -0.39 is 11.8 Å². The molecule has 2 amide bonds. The summed E-state index contributed by atoms with van der Waals surface area (Å²) in [5.74, 6) is -0.880. The first kappa shape index (κ1) is 22.5. The second-order valence-electron chi connectivity index (χ2n) is 7.37. The number of hydrogen-bond acceptors (Lipinski definition) is 4. The molecular weight excluding hydrogens is 463 g/mol. The minimum absolute atomic E-state index is 0.223. The summed E-state index contributed by atoms with van der Waals surface area (Å²) >= 11 is 13.5. The molecule has 1 N–H and O–H groups in total. The third-order valence-electron chi connectivity index (χ3n) is 5.02. The molecule has 0 spiro atoms. The average Bonchev–Trinajstić information content (AvgIpc) is 2.99. The molecule has 3 aromatic rings. The Bertz CT molecular complexity index is 1200. The van der Waals surface area contributed by atoms with Gasteiger partial charge in [0.1, 0.15) is 10.6 Å². The number of thioether (sulfide) groups is 1. The molecule has 0 saturated carbocycles. The van der Waals surface area contributed by atoms with E-state index in [0.29, 0.717) is 20.6 Å². The Hall–Kier alpha value is -2.73. The van der Waals surface area contributed by atoms with Gasteiger partial charge in [-0.1, -0.05) is 71.7 Å². The zero-order valence-electron chi connectivity index (χ0n) is 17.5. The first-order valence-corrected chi connectivity index (χ1v) is 11.6. The van der Waals surface area contributed by atoms with Gasteiger partial charge in [-0.05, 0) is 61.4 Å². The van der Waals surface area contributed by atoms with Gasteiger partial charge in [-0.2, -0.15) is 0 Å². The number of carbonyl (C=O) groups is 2. The van der Waals surface area contributed by atoms with Crippen LogP contribution < -0.4 is 10.2 Å². The number of anilines is 2. The van der Waals surface area contributed by atoms with Crippen molar-refractivity contribution in [2.75, 3.05) is 10.2 Å². The van der Waals surface area contributed by atoms with Gasteiger partial charge in [-0.15, -0.1) is 0 Å². The Labute approximate surface area is 201 Å². The van der Waals surface area contributed by atoms with E-state index in [4.69, 9.17) is 23.2 Å². The van der Waals surface area contributed by atoms with E-state index in [1.807, 2.05) is 55.5 Å². The van der Waals surface area contributed by atoms with E-state index in [1.54, 1.807) is 18.2 Å². The maximum absolute atomic E-state index is 13.4. The summed E-state index contributed by atoms with van der Waals surface area (Å²) < 4.78 is 0. The van der Waals surface area contributed by atoms with Gasteiger partial charge in [0.15, 0.2) is 0 Å². The zero-order valence-corrected chi connectivity index (χ0v) is 19.8. The van der Waals surface area contributed by atoms with Crippen LogP contribution in [0, 0.1) is 6.92 Å². The van der Waals surface area contributed by atoms with Gasteiger partial charge in [0, 0.05) is 20.6 Å². The Morgan fingerprint density at radius 2 is 1.50 bits per heavy atom. The van der Waals surface area contributed by atoms with Crippen molar-refractivity contribution in [3.63, 3.8) is 0 Å². The van der Waals surface area contributed by atoms with E-state index in [1.165, 1.54) is 17.3 Å². The third kappa shape index (κ3) is 4.70. The van der Waals surface area contributed by atoms with Crippen LogP contribution >= 0.6 is 35.0 Å². The largest absolute Gasteiger partial charge is 0.350 e. The molecule has 0 bridgehead atoms. The number of amides is 2. The second kappa shape index (κ2) is 9.41. The molecule has 0 unspecified atom stereocenters. The van der Waals surface area contributed by atoms with Crippen LogP contribution in [0.15, 0.2) is 82.2 Å². The molecule has 32 heavy (non-hydrogen) atoms. The summed E-state index contributed by atoms with van der Waals surface area (Å²) in [6.45, 7) is 4.07. The van der Waals surface area contributed by atoms with Gasteiger partial charge in [0.25, 0.3) is 11.8 Å². The highest BCUT2D eigenvalue weighted by atomic mass is 35.5. The average molecular weight is 483 g/mol. The molecule has 0 fully saturated rings. The van der Waals surface area contributed by atoms with Crippen LogP contribution in [-0.4, -0.2) is 11.8 Å². The summed E-state index contributed by atoms with van der Waals surface area (Å²) in [6, 6.07) is 20.2. The lowest BCUT2D eigenvalue weighted by atomic mass is 10.1. The summed E-state index contributed by atoms with van der Waals surface area (Å²) in [6.07, 6.45) is 0.915. The molecule has 162 valence electrons. The van der Waals surface area contributed by atoms with Gasteiger partial charge in [-0.3, -0.25) is 9.59 Å². The monoisotopic (exact) mass is 482 g/mol. The van der Waals surface area contributed by atoms with E-state index in [9.17, 15) is 9.59 Å². The van der Waals surface area contributed by atoms with Crippen LogP contribution in [-0.2, 0) is 16.0 Å². The lowest BCUT2D eigenvalue weighted by Gasteiger charge is -2.16. The van der Waals surface area contributed by atoms with Crippen molar-refractivity contribution in [1.29, 1.82) is 0 Å². The Balaban J connectivity index is 1.74. The number of benzene rings is 3. The van der Waals surface area contributed by atoms with E-state index in [-0.39, 0.29) is 5.70 Å². The Kier molecular flexibility index (Phi) is 6.60. The molecule has 4 rings (SSSR count). The molecule has 0 aliphatic carbocycles. The van der Waals surface area contributed by atoms with E-state index >= 15 is 0 Å². The van der Waals surface area contributed by atoms with Crippen LogP contribution in [0.4, 0.5) is 11.4 Å². The highest BCUT2D eigenvalue weighted by molar-refractivity contribution is 8.04. The molecule has 3 aromatic carbocycles. The SMILES string of the molecule is CCc1ccc(NC2=C(Sc3ccc(C)cc3)C(=O)N(c3cc(Cl)cc(Cl)c3)C2=O)cc1. The summed E-state index contributed by atoms with van der Waals surface area (Å²) in [4.78, 5) is 29.1. The van der Waals surface area contributed by atoms with Crippen LogP contribution in [0.3, 0.4) is 0 Å². The van der Waals surface area contributed by atoms with Crippen molar-refractivity contribution < 1.29 is 9.59 Å². The minimum atomic E-state index is -0.456. The fraction of sp³-hybridized carbons (Fsp3) is 0.120. The van der Waals surface area contributed by atoms with Crippen LogP contribution in [0.25, 0.3) is 0 Å². The van der Waals surface area contributed by atoms with Crippen molar-refractivity contribution in [2.45, 2.75) is 25.2 Å². The Morgan fingerprint density at radius 1 is 0.875 bits per heavy atom. The molecule has 1 aliphatic rings. The van der Waals surface area contributed by atoms with Crippen LogP contribution in [0.1, 0.15) is 18.1 Å². The quantitative estimate of drug-likeness (QED) is 0.390. The predicted molar refractivity (Wildman–Crippen MR) is 132 cm³/mol. The van der Waals surface area contributed by atoms with Crippen molar-refractivity contribution >= 4 is 58.2 Å². The van der Waals surface area contributed by atoms with Crippen molar-refractivity contribution in [3.05, 3.63) is 98.5 Å². The first-order chi connectivity index (χ1) is 15.4.